The normalized spacial score (nSPS) is 16.7. The SMILES string of the molecule is Cc1ccc(C)n1N1C(=O)/C(=C\c2ccc(C(C)C)cc2)SC1=S. The predicted molar refractivity (Wildman–Crippen MR) is 106 cm³/mol. The third-order valence-corrected chi connectivity index (χ3v) is 5.39. The van der Waals surface area contributed by atoms with Crippen molar-refractivity contribution < 1.29 is 4.79 Å². The van der Waals surface area contributed by atoms with Crippen molar-refractivity contribution in [3.8, 4) is 0 Å². The Morgan fingerprint density at radius 1 is 1.04 bits per heavy atom. The van der Waals surface area contributed by atoms with Gasteiger partial charge < -0.3 is 0 Å². The van der Waals surface area contributed by atoms with Gasteiger partial charge in [0, 0.05) is 11.4 Å². The lowest BCUT2D eigenvalue weighted by Crippen LogP contribution is -2.39. The van der Waals surface area contributed by atoms with Crippen molar-refractivity contribution >= 4 is 40.3 Å². The number of benzene rings is 1. The summed E-state index contributed by atoms with van der Waals surface area (Å²) in [5.41, 5.74) is 4.29. The van der Waals surface area contributed by atoms with E-state index in [0.717, 1.165) is 17.0 Å². The van der Waals surface area contributed by atoms with E-state index in [0.29, 0.717) is 15.1 Å². The highest BCUT2D eigenvalue weighted by Crippen LogP contribution is 2.32. The summed E-state index contributed by atoms with van der Waals surface area (Å²) in [5.74, 6) is 0.428. The van der Waals surface area contributed by atoms with Gasteiger partial charge in [-0.15, -0.1) is 0 Å². The second-order valence-electron chi connectivity index (χ2n) is 6.24. The molecule has 0 atom stereocenters. The first-order valence-electron chi connectivity index (χ1n) is 7.91. The third kappa shape index (κ3) is 3.06. The van der Waals surface area contributed by atoms with Gasteiger partial charge in [-0.2, -0.15) is 5.01 Å². The molecule has 0 N–H and O–H groups in total. The van der Waals surface area contributed by atoms with Crippen LogP contribution in [0.25, 0.3) is 6.08 Å². The molecule has 0 radical (unpaired) electrons. The molecule has 1 aromatic carbocycles. The topological polar surface area (TPSA) is 25.2 Å². The molecule has 5 heteroatoms. The summed E-state index contributed by atoms with van der Waals surface area (Å²) in [5, 5.41) is 1.58. The fourth-order valence-corrected chi connectivity index (χ4v) is 3.98. The second kappa shape index (κ2) is 6.57. The summed E-state index contributed by atoms with van der Waals surface area (Å²) < 4.78 is 2.44. The number of aromatic nitrogens is 1. The minimum atomic E-state index is -0.0691. The number of thiocarbonyl (C=S) groups is 1. The van der Waals surface area contributed by atoms with E-state index in [4.69, 9.17) is 12.2 Å². The van der Waals surface area contributed by atoms with E-state index in [1.54, 1.807) is 5.01 Å². The van der Waals surface area contributed by atoms with E-state index < -0.39 is 0 Å². The lowest BCUT2D eigenvalue weighted by molar-refractivity contribution is -0.114. The van der Waals surface area contributed by atoms with Gasteiger partial charge in [0.25, 0.3) is 5.91 Å². The molecule has 1 aliphatic heterocycles. The van der Waals surface area contributed by atoms with E-state index in [9.17, 15) is 4.79 Å². The van der Waals surface area contributed by atoms with Crippen LogP contribution in [0.1, 0.15) is 42.3 Å². The van der Waals surface area contributed by atoms with Crippen molar-refractivity contribution in [1.82, 2.24) is 4.68 Å². The van der Waals surface area contributed by atoms with Gasteiger partial charge in [0.05, 0.1) is 4.91 Å². The quantitative estimate of drug-likeness (QED) is 0.585. The van der Waals surface area contributed by atoms with Gasteiger partial charge >= 0.3 is 0 Å². The molecule has 1 aromatic heterocycles. The Bertz CT molecular complexity index is 812. The summed E-state index contributed by atoms with van der Waals surface area (Å²) in [6.07, 6.45) is 1.91. The van der Waals surface area contributed by atoms with E-state index in [2.05, 4.69) is 26.0 Å². The lowest BCUT2D eigenvalue weighted by atomic mass is 10.0. The number of carbonyl (C=O) groups is 1. The summed E-state index contributed by atoms with van der Waals surface area (Å²) in [6.45, 7) is 8.28. The van der Waals surface area contributed by atoms with Crippen molar-refractivity contribution in [3.63, 3.8) is 0 Å². The van der Waals surface area contributed by atoms with Crippen molar-refractivity contribution in [2.75, 3.05) is 5.01 Å². The number of hydrogen-bond donors (Lipinski definition) is 0. The maximum Gasteiger partial charge on any atom is 0.285 e. The molecule has 3 nitrogen and oxygen atoms in total. The predicted octanol–water partition coefficient (Wildman–Crippen LogP) is 4.77. The van der Waals surface area contributed by atoms with Gasteiger partial charge in [0.1, 0.15) is 0 Å². The minimum Gasteiger partial charge on any atom is -0.266 e. The Hall–Kier alpha value is -1.85. The molecule has 24 heavy (non-hydrogen) atoms. The number of aryl methyl sites for hydroxylation is 2. The largest absolute Gasteiger partial charge is 0.285 e. The number of amides is 1. The molecule has 2 aromatic rings. The van der Waals surface area contributed by atoms with Gasteiger partial charge in [-0.25, -0.2) is 0 Å². The van der Waals surface area contributed by atoms with Crippen LogP contribution in [0.4, 0.5) is 0 Å². The zero-order chi connectivity index (χ0) is 17.4. The zero-order valence-corrected chi connectivity index (χ0v) is 15.9. The number of rotatable bonds is 3. The molecule has 0 bridgehead atoms. The average Bonchev–Trinajstić information content (AvgIpc) is 3.00. The van der Waals surface area contributed by atoms with Crippen molar-refractivity contribution in [1.29, 1.82) is 0 Å². The zero-order valence-electron chi connectivity index (χ0n) is 14.2. The molecular formula is C19H20N2OS2. The van der Waals surface area contributed by atoms with Crippen LogP contribution in [0.5, 0.6) is 0 Å². The van der Waals surface area contributed by atoms with Crippen molar-refractivity contribution in [3.05, 3.63) is 63.8 Å². The molecule has 0 unspecified atom stereocenters. The Morgan fingerprint density at radius 2 is 1.62 bits per heavy atom. The smallest absolute Gasteiger partial charge is 0.266 e. The first-order chi connectivity index (χ1) is 11.4. The van der Waals surface area contributed by atoms with Gasteiger partial charge in [-0.3, -0.25) is 9.47 Å². The second-order valence-corrected chi connectivity index (χ2v) is 7.92. The Kier molecular flexibility index (Phi) is 4.65. The molecule has 1 aliphatic rings. The number of thioether (sulfide) groups is 1. The molecule has 0 aliphatic carbocycles. The monoisotopic (exact) mass is 356 g/mol. The maximum atomic E-state index is 12.8. The van der Waals surface area contributed by atoms with Crippen LogP contribution < -0.4 is 5.01 Å². The molecule has 1 fully saturated rings. The van der Waals surface area contributed by atoms with Crippen LogP contribution in [0.3, 0.4) is 0 Å². The van der Waals surface area contributed by atoms with Gasteiger partial charge in [0.15, 0.2) is 4.32 Å². The highest BCUT2D eigenvalue weighted by molar-refractivity contribution is 8.27. The lowest BCUT2D eigenvalue weighted by Gasteiger charge is -2.20. The molecule has 2 heterocycles. The Balaban J connectivity index is 1.91. The van der Waals surface area contributed by atoms with Crippen molar-refractivity contribution in [2.45, 2.75) is 33.6 Å². The summed E-state index contributed by atoms with van der Waals surface area (Å²) >= 11 is 6.79. The van der Waals surface area contributed by atoms with Crippen molar-refractivity contribution in [2.24, 2.45) is 0 Å². The van der Waals surface area contributed by atoms with Crippen LogP contribution in [0.15, 0.2) is 41.3 Å². The third-order valence-electron chi connectivity index (χ3n) is 4.11. The van der Waals surface area contributed by atoms with Crippen LogP contribution in [0.2, 0.25) is 0 Å². The van der Waals surface area contributed by atoms with E-state index in [1.165, 1.54) is 17.3 Å². The minimum absolute atomic E-state index is 0.0691. The first kappa shape index (κ1) is 17.0. The van der Waals surface area contributed by atoms with Gasteiger partial charge in [-0.05, 0) is 61.3 Å². The summed E-state index contributed by atoms with van der Waals surface area (Å²) in [4.78, 5) is 13.5. The number of carbonyl (C=O) groups excluding carboxylic acids is 1. The summed E-state index contributed by atoms with van der Waals surface area (Å²) in [7, 11) is 0. The maximum absolute atomic E-state index is 12.8. The van der Waals surface area contributed by atoms with Gasteiger partial charge in [0.2, 0.25) is 0 Å². The van der Waals surface area contributed by atoms with E-state index >= 15 is 0 Å². The molecule has 0 spiro atoms. The van der Waals surface area contributed by atoms with Crippen LogP contribution in [-0.2, 0) is 4.79 Å². The Labute approximate surface area is 152 Å². The summed E-state index contributed by atoms with van der Waals surface area (Å²) in [6, 6.07) is 12.3. The molecule has 0 saturated carbocycles. The highest BCUT2D eigenvalue weighted by atomic mass is 32.2. The standard InChI is InChI=1S/C19H20N2OS2/c1-12(2)16-9-7-15(8-10-16)11-17-18(22)21(19(23)24-17)20-13(3)5-6-14(20)4/h5-12H,1-4H3/b17-11+. The fourth-order valence-electron chi connectivity index (χ4n) is 2.74. The fraction of sp³-hybridized carbons (Fsp3) is 0.263. The number of nitrogens with zero attached hydrogens (tertiary/aromatic N) is 2. The number of hydrogen-bond acceptors (Lipinski definition) is 3. The van der Waals surface area contributed by atoms with Crippen LogP contribution in [-0.4, -0.2) is 14.9 Å². The molecule has 1 saturated heterocycles. The molecule has 124 valence electrons. The highest BCUT2D eigenvalue weighted by Gasteiger charge is 2.34. The average molecular weight is 357 g/mol. The van der Waals surface area contributed by atoms with E-state index in [-0.39, 0.29) is 5.91 Å². The molecule has 1 amide bonds. The molecule has 3 rings (SSSR count). The van der Waals surface area contributed by atoms with Crippen LogP contribution in [0, 0.1) is 13.8 Å². The van der Waals surface area contributed by atoms with Crippen LogP contribution >= 0.6 is 24.0 Å². The first-order valence-corrected chi connectivity index (χ1v) is 9.14. The molecular weight excluding hydrogens is 336 g/mol. The van der Waals surface area contributed by atoms with E-state index in [1.807, 2.05) is 48.9 Å². The van der Waals surface area contributed by atoms with Gasteiger partial charge in [-0.1, -0.05) is 49.9 Å². The Morgan fingerprint density at radius 3 is 2.17 bits per heavy atom.